The third-order valence-electron chi connectivity index (χ3n) is 10.5. The van der Waals surface area contributed by atoms with Crippen LogP contribution in [0.1, 0.15) is 29.9 Å². The van der Waals surface area contributed by atoms with E-state index in [2.05, 4.69) is 52.9 Å². The third-order valence-corrected chi connectivity index (χ3v) is 12.6. The maximum absolute atomic E-state index is 12.8. The molecule has 0 aliphatic carbocycles. The number of quaternary nitrogens is 2. The number of aliphatic hydroxyl groups is 1. The molecular weight excluding hydrogens is 571 g/mol. The second-order valence-electron chi connectivity index (χ2n) is 13.2. The van der Waals surface area contributed by atoms with Crippen molar-refractivity contribution in [3.63, 3.8) is 0 Å². The van der Waals surface area contributed by atoms with Crippen LogP contribution in [-0.4, -0.2) is 105 Å². The minimum absolute atomic E-state index is 0.0604. The second kappa shape index (κ2) is 9.92. The Bertz CT molecular complexity index is 1600. The summed E-state index contributed by atoms with van der Waals surface area (Å²) in [5.74, 6) is -2.14. The number of thiazole rings is 1. The molecule has 4 fully saturated rings. The van der Waals surface area contributed by atoms with E-state index < -0.39 is 18.0 Å². The van der Waals surface area contributed by atoms with E-state index in [4.69, 9.17) is 0 Å². The molecule has 2 aromatic heterocycles. The summed E-state index contributed by atoms with van der Waals surface area (Å²) in [6.45, 7) is 13.2. The van der Waals surface area contributed by atoms with Gasteiger partial charge in [-0.05, 0) is 18.7 Å². The number of benzene rings is 1. The number of amides is 1. The predicted octanol–water partition coefficient (Wildman–Crippen LogP) is 2.50. The van der Waals surface area contributed by atoms with Crippen molar-refractivity contribution in [2.24, 2.45) is 11.8 Å². The number of carboxylic acid groups (broad SMARTS) is 1. The first-order valence-electron chi connectivity index (χ1n) is 14.9. The molecular formula is C31H40N5O4S2+3. The highest BCUT2D eigenvalue weighted by atomic mass is 32.2. The molecule has 222 valence electrons. The molecule has 42 heavy (non-hydrogen) atoms. The molecule has 0 saturated carbocycles. The number of imidazole rings is 1. The molecule has 2 bridgehead atoms. The second-order valence-corrected chi connectivity index (χ2v) is 15.0. The van der Waals surface area contributed by atoms with Gasteiger partial charge in [-0.15, -0.1) is 0 Å². The van der Waals surface area contributed by atoms with Crippen LogP contribution in [0, 0.1) is 11.8 Å². The number of thioether (sulfide) groups is 1. The molecule has 4 saturated heterocycles. The summed E-state index contributed by atoms with van der Waals surface area (Å²) in [5.41, 5.74) is 3.42. The quantitative estimate of drug-likeness (QED) is 0.177. The van der Waals surface area contributed by atoms with E-state index in [1.54, 1.807) is 30.0 Å². The number of β-lactam (4-membered cyclic amide) rings is 1. The number of hydrogen-bond donors (Lipinski definition) is 2. The van der Waals surface area contributed by atoms with Crippen LogP contribution in [0.3, 0.4) is 0 Å². The molecule has 1 aromatic carbocycles. The van der Waals surface area contributed by atoms with Crippen LogP contribution in [0.25, 0.3) is 10.4 Å². The minimum atomic E-state index is -1.10. The Labute approximate surface area is 254 Å². The summed E-state index contributed by atoms with van der Waals surface area (Å²) in [4.78, 5) is 28.4. The Morgan fingerprint density at radius 1 is 1.14 bits per heavy atom. The number of carbonyl (C=O) groups is 2. The van der Waals surface area contributed by atoms with Crippen LogP contribution in [0.15, 0.2) is 47.5 Å². The minimum Gasteiger partial charge on any atom is -0.477 e. The highest BCUT2D eigenvalue weighted by Gasteiger charge is 2.60. The first-order chi connectivity index (χ1) is 20.0. The smallest absolute Gasteiger partial charge is 0.352 e. The summed E-state index contributed by atoms with van der Waals surface area (Å²) in [7, 11) is 2.41. The van der Waals surface area contributed by atoms with Gasteiger partial charge in [0.05, 0.1) is 30.0 Å². The summed E-state index contributed by atoms with van der Waals surface area (Å²) < 4.78 is 6.83. The molecule has 5 aliphatic rings. The topological polar surface area (TPSA) is 86.1 Å². The molecule has 0 unspecified atom stereocenters. The molecule has 8 rings (SSSR count). The summed E-state index contributed by atoms with van der Waals surface area (Å²) >= 11 is 3.25. The summed E-state index contributed by atoms with van der Waals surface area (Å²) in [6, 6.07) is 8.83. The van der Waals surface area contributed by atoms with Crippen LogP contribution < -0.4 is 4.57 Å². The standard InChI is InChI=1S/C31H39N5O4S2/c1-19-24(27(31(39)40)34-26(19)25(20(2)37)28(34)38)23-16-33-18-32(29(41-4)30(33)42-23)15-21-5-7-22(8-6-21)17-36-12-9-35(3,10-13-36)11-14-36/h5-8,16,18-20,25-26,37H,9-15,17H2,1-4H3/q+2/p+1/t19-,20+,25+,26+,35?,36?/m0/s1. The van der Waals surface area contributed by atoms with Gasteiger partial charge in [-0.2, -0.15) is 4.40 Å². The van der Waals surface area contributed by atoms with Crippen molar-refractivity contribution in [2.45, 2.75) is 44.1 Å². The highest BCUT2D eigenvalue weighted by molar-refractivity contribution is 7.98. The van der Waals surface area contributed by atoms with E-state index in [0.29, 0.717) is 5.57 Å². The van der Waals surface area contributed by atoms with Gasteiger partial charge in [0.25, 0.3) is 6.33 Å². The first-order valence-corrected chi connectivity index (χ1v) is 16.9. The van der Waals surface area contributed by atoms with Crippen molar-refractivity contribution < 1.29 is 33.3 Å². The number of fused-ring (bicyclic) bond motifs is 5. The Morgan fingerprint density at radius 3 is 2.38 bits per heavy atom. The van der Waals surface area contributed by atoms with E-state index in [9.17, 15) is 19.8 Å². The molecule has 0 radical (unpaired) electrons. The van der Waals surface area contributed by atoms with Gasteiger partial charge in [-0.25, -0.2) is 9.36 Å². The number of aliphatic hydroxyl groups excluding tert-OH is 1. The maximum Gasteiger partial charge on any atom is 0.352 e. The summed E-state index contributed by atoms with van der Waals surface area (Å²) in [5, 5.41) is 21.4. The van der Waals surface area contributed by atoms with Gasteiger partial charge in [-0.3, -0.25) is 4.79 Å². The monoisotopic (exact) mass is 610 g/mol. The van der Waals surface area contributed by atoms with Crippen molar-refractivity contribution in [1.29, 1.82) is 0 Å². The van der Waals surface area contributed by atoms with Gasteiger partial charge in [0, 0.05) is 17.1 Å². The Kier molecular flexibility index (Phi) is 6.63. The molecule has 4 atom stereocenters. The lowest BCUT2D eigenvalue weighted by Gasteiger charge is -2.54. The molecule has 1 amide bonds. The van der Waals surface area contributed by atoms with Crippen molar-refractivity contribution >= 4 is 45.4 Å². The molecule has 2 N–H and O–H groups in total. The average molecular weight is 611 g/mol. The van der Waals surface area contributed by atoms with E-state index in [0.717, 1.165) is 27.8 Å². The number of hydrogen-bond acceptors (Lipinski definition) is 5. The van der Waals surface area contributed by atoms with Gasteiger partial charge in [0.1, 0.15) is 64.3 Å². The molecule has 5 aliphatic heterocycles. The van der Waals surface area contributed by atoms with Gasteiger partial charge >= 0.3 is 5.97 Å². The molecule has 11 heteroatoms. The van der Waals surface area contributed by atoms with Gasteiger partial charge in [0.2, 0.25) is 15.8 Å². The molecule has 3 aromatic rings. The number of carbonyl (C=O) groups excluding carboxylic acids is 1. The fourth-order valence-corrected chi connectivity index (χ4v) is 10.0. The molecule has 9 nitrogen and oxygen atoms in total. The Hall–Kier alpha value is -2.70. The SMILES string of the molecule is CSc1c2sc(C3=C(C(=O)O)N4C(=O)[C@H]([C@@H](C)O)[C@H]4[C@H]3C)cn2c[n+]1Cc1ccc(C[N+]23CC[N+](C)(CC2)CC3)cc1. The number of piperazine rings is 3. The number of rotatable bonds is 8. The zero-order chi connectivity index (χ0) is 29.6. The highest BCUT2D eigenvalue weighted by Crippen LogP contribution is 2.51. The van der Waals surface area contributed by atoms with Gasteiger partial charge < -0.3 is 24.1 Å². The third kappa shape index (κ3) is 4.27. The predicted molar refractivity (Wildman–Crippen MR) is 162 cm³/mol. The maximum atomic E-state index is 12.8. The zero-order valence-corrected chi connectivity index (χ0v) is 26.3. The van der Waals surface area contributed by atoms with E-state index in [-0.39, 0.29) is 23.6 Å². The lowest BCUT2D eigenvalue weighted by atomic mass is 9.77. The van der Waals surface area contributed by atoms with Crippen LogP contribution in [0.4, 0.5) is 0 Å². The zero-order valence-electron chi connectivity index (χ0n) is 24.7. The van der Waals surface area contributed by atoms with Gasteiger partial charge in [0.15, 0.2) is 0 Å². The van der Waals surface area contributed by atoms with E-state index >= 15 is 0 Å². The molecule has 0 spiro atoms. The lowest BCUT2D eigenvalue weighted by Crippen LogP contribution is -2.73. The van der Waals surface area contributed by atoms with Crippen LogP contribution in [-0.2, 0) is 22.7 Å². The normalized spacial score (nSPS) is 31.1. The number of nitrogens with zero attached hydrogens (tertiary/aromatic N) is 5. The van der Waals surface area contributed by atoms with Crippen molar-refractivity contribution in [2.75, 3.05) is 52.6 Å². The number of likely N-dealkylation sites (N-methyl/N-ethyl adjacent to an activating group) is 1. The number of aromatic nitrogens is 2. The first kappa shape index (κ1) is 28.1. The summed E-state index contributed by atoms with van der Waals surface area (Å²) in [6.07, 6.45) is 5.34. The van der Waals surface area contributed by atoms with Crippen molar-refractivity contribution in [1.82, 2.24) is 9.30 Å². The van der Waals surface area contributed by atoms with Gasteiger partial charge in [-0.1, -0.05) is 54.3 Å². The van der Waals surface area contributed by atoms with E-state index in [1.165, 1.54) is 64.3 Å². The largest absolute Gasteiger partial charge is 0.477 e. The number of aliphatic carboxylic acids is 1. The Balaban J connectivity index is 1.13. The van der Waals surface area contributed by atoms with Crippen molar-refractivity contribution in [3.05, 3.63) is 58.5 Å². The Morgan fingerprint density at radius 2 is 1.79 bits per heavy atom. The fraction of sp³-hybridized carbons (Fsp3) is 0.516. The van der Waals surface area contributed by atoms with Crippen LogP contribution in [0.2, 0.25) is 0 Å². The fourth-order valence-electron chi connectivity index (χ4n) is 7.87. The van der Waals surface area contributed by atoms with Crippen molar-refractivity contribution in [3.8, 4) is 0 Å². The van der Waals surface area contributed by atoms with E-state index in [1.807, 2.05) is 13.1 Å². The van der Waals surface area contributed by atoms with Crippen LogP contribution >= 0.6 is 23.1 Å². The van der Waals surface area contributed by atoms with Crippen LogP contribution in [0.5, 0.6) is 0 Å². The molecule has 7 heterocycles. The number of carboxylic acids is 1. The average Bonchev–Trinajstić information content (AvgIpc) is 3.57. The lowest BCUT2D eigenvalue weighted by molar-refractivity contribution is -1.08.